The van der Waals surface area contributed by atoms with Crippen LogP contribution in [0.4, 0.5) is 0 Å². The van der Waals surface area contributed by atoms with E-state index in [-0.39, 0.29) is 0 Å². The lowest BCUT2D eigenvalue weighted by molar-refractivity contribution is -0.141. The maximum absolute atomic E-state index is 12.2. The van der Waals surface area contributed by atoms with E-state index in [2.05, 4.69) is 48.1 Å². The topological polar surface area (TPSA) is 68.9 Å². The number of aromatic nitrogens is 2. The number of H-pyrrole nitrogens is 2. The first-order valence-corrected chi connectivity index (χ1v) is 10.0. The average molecular weight is 374 g/mol. The normalized spacial score (nSPS) is 11.7. The van der Waals surface area contributed by atoms with E-state index < -0.39 is 11.9 Å². The maximum Gasteiger partial charge on any atom is 0.307 e. The SMILES string of the molecule is CCc1[nH]c2ccccc2c1CC(Cc1c(CC)[nH]c2ccccc12)C(=O)O. The van der Waals surface area contributed by atoms with Crippen molar-refractivity contribution < 1.29 is 9.90 Å². The zero-order chi connectivity index (χ0) is 19.7. The third kappa shape index (κ3) is 3.19. The van der Waals surface area contributed by atoms with Gasteiger partial charge in [-0.3, -0.25) is 4.79 Å². The first-order chi connectivity index (χ1) is 13.6. The molecule has 0 amide bonds. The van der Waals surface area contributed by atoms with Gasteiger partial charge in [0.05, 0.1) is 5.92 Å². The molecule has 4 rings (SSSR count). The number of aryl methyl sites for hydroxylation is 2. The predicted molar refractivity (Wildman–Crippen MR) is 114 cm³/mol. The highest BCUT2D eigenvalue weighted by molar-refractivity contribution is 5.87. The molecule has 0 saturated carbocycles. The Morgan fingerprint density at radius 1 is 0.821 bits per heavy atom. The number of carboxylic acids is 1. The van der Waals surface area contributed by atoms with E-state index in [0.29, 0.717) is 12.8 Å². The lowest BCUT2D eigenvalue weighted by Crippen LogP contribution is -2.20. The van der Waals surface area contributed by atoms with Gasteiger partial charge < -0.3 is 15.1 Å². The second-order valence-corrected chi connectivity index (χ2v) is 7.41. The number of fused-ring (bicyclic) bond motifs is 2. The Balaban J connectivity index is 1.73. The van der Waals surface area contributed by atoms with Crippen LogP contribution in [-0.2, 0) is 30.5 Å². The third-order valence-corrected chi connectivity index (χ3v) is 5.76. The Kier molecular flexibility index (Phi) is 4.95. The standard InChI is InChI=1S/C24H26N2O2/c1-3-20-18(16-9-5-7-11-22(16)25-20)13-15(24(27)28)14-19-17-10-6-8-12-23(17)26-21(19)4-2/h5-12,15,25-26H,3-4,13-14H2,1-2H3,(H,27,28). The summed E-state index contributed by atoms with van der Waals surface area (Å²) in [5.74, 6) is -1.20. The van der Waals surface area contributed by atoms with Gasteiger partial charge in [0.15, 0.2) is 0 Å². The summed E-state index contributed by atoms with van der Waals surface area (Å²) in [4.78, 5) is 19.1. The molecule has 0 aliphatic carbocycles. The number of hydrogen-bond acceptors (Lipinski definition) is 1. The molecular weight excluding hydrogens is 348 g/mol. The molecule has 3 N–H and O–H groups in total. The average Bonchev–Trinajstić information content (AvgIpc) is 3.25. The maximum atomic E-state index is 12.2. The van der Waals surface area contributed by atoms with Crippen molar-refractivity contribution in [3.63, 3.8) is 0 Å². The van der Waals surface area contributed by atoms with E-state index in [1.165, 1.54) is 0 Å². The van der Waals surface area contributed by atoms with Gasteiger partial charge in [0, 0.05) is 33.2 Å². The molecule has 0 atom stereocenters. The summed E-state index contributed by atoms with van der Waals surface area (Å²) in [6.07, 6.45) is 2.80. The molecule has 4 nitrogen and oxygen atoms in total. The molecule has 28 heavy (non-hydrogen) atoms. The molecule has 0 spiro atoms. The molecule has 4 aromatic rings. The Morgan fingerprint density at radius 2 is 1.25 bits per heavy atom. The number of hydrogen-bond donors (Lipinski definition) is 3. The second-order valence-electron chi connectivity index (χ2n) is 7.41. The number of para-hydroxylation sites is 2. The number of nitrogens with one attached hydrogen (secondary N) is 2. The van der Waals surface area contributed by atoms with Crippen molar-refractivity contribution >= 4 is 27.8 Å². The van der Waals surface area contributed by atoms with Crippen LogP contribution in [0.5, 0.6) is 0 Å². The highest BCUT2D eigenvalue weighted by Gasteiger charge is 2.24. The van der Waals surface area contributed by atoms with Crippen LogP contribution < -0.4 is 0 Å². The number of carboxylic acid groups (broad SMARTS) is 1. The van der Waals surface area contributed by atoms with Gasteiger partial charge in [-0.05, 0) is 48.9 Å². The van der Waals surface area contributed by atoms with Gasteiger partial charge in [-0.2, -0.15) is 0 Å². The first kappa shape index (κ1) is 18.4. The van der Waals surface area contributed by atoms with Crippen molar-refractivity contribution in [1.29, 1.82) is 0 Å². The van der Waals surface area contributed by atoms with Crippen LogP contribution in [0.1, 0.15) is 36.4 Å². The highest BCUT2D eigenvalue weighted by atomic mass is 16.4. The predicted octanol–water partition coefficient (Wildman–Crippen LogP) is 5.26. The summed E-state index contributed by atoms with van der Waals surface area (Å²) >= 11 is 0. The van der Waals surface area contributed by atoms with Gasteiger partial charge in [-0.25, -0.2) is 0 Å². The molecule has 0 radical (unpaired) electrons. The molecule has 0 aliphatic rings. The quantitative estimate of drug-likeness (QED) is 0.413. The molecule has 0 aliphatic heterocycles. The van der Waals surface area contributed by atoms with Crippen molar-refractivity contribution in [1.82, 2.24) is 9.97 Å². The fraction of sp³-hybridized carbons (Fsp3) is 0.292. The van der Waals surface area contributed by atoms with E-state index >= 15 is 0 Å². The van der Waals surface area contributed by atoms with Crippen molar-refractivity contribution in [2.75, 3.05) is 0 Å². The summed E-state index contributed by atoms with van der Waals surface area (Å²) in [5.41, 5.74) is 6.73. The molecule has 0 saturated heterocycles. The molecule has 2 aromatic carbocycles. The highest BCUT2D eigenvalue weighted by Crippen LogP contribution is 2.30. The van der Waals surface area contributed by atoms with Gasteiger partial charge in [-0.1, -0.05) is 50.2 Å². The summed E-state index contributed by atoms with van der Waals surface area (Å²) in [5, 5.41) is 12.3. The summed E-state index contributed by atoms with van der Waals surface area (Å²) in [7, 11) is 0. The smallest absolute Gasteiger partial charge is 0.307 e. The van der Waals surface area contributed by atoms with Gasteiger partial charge in [0.25, 0.3) is 0 Å². The summed E-state index contributed by atoms with van der Waals surface area (Å²) in [6.45, 7) is 4.22. The molecule has 4 heteroatoms. The van der Waals surface area contributed by atoms with Crippen LogP contribution in [0.15, 0.2) is 48.5 Å². The Hall–Kier alpha value is -3.01. The Morgan fingerprint density at radius 3 is 1.64 bits per heavy atom. The summed E-state index contributed by atoms with van der Waals surface area (Å²) in [6, 6.07) is 16.3. The van der Waals surface area contributed by atoms with E-state index in [0.717, 1.165) is 57.2 Å². The van der Waals surface area contributed by atoms with E-state index in [9.17, 15) is 9.90 Å². The summed E-state index contributed by atoms with van der Waals surface area (Å²) < 4.78 is 0. The molecule has 0 bridgehead atoms. The number of benzene rings is 2. The van der Waals surface area contributed by atoms with Crippen LogP contribution in [0.25, 0.3) is 21.8 Å². The van der Waals surface area contributed by atoms with Gasteiger partial charge in [0.1, 0.15) is 0 Å². The lowest BCUT2D eigenvalue weighted by Gasteiger charge is -2.14. The zero-order valence-corrected chi connectivity index (χ0v) is 16.4. The number of rotatable bonds is 7. The van der Waals surface area contributed by atoms with Gasteiger partial charge >= 0.3 is 5.97 Å². The number of aliphatic carboxylic acids is 1. The number of carbonyl (C=O) groups is 1. The largest absolute Gasteiger partial charge is 0.481 e. The minimum Gasteiger partial charge on any atom is -0.481 e. The minimum absolute atomic E-state index is 0.464. The van der Waals surface area contributed by atoms with Crippen molar-refractivity contribution in [2.24, 2.45) is 5.92 Å². The monoisotopic (exact) mass is 374 g/mol. The van der Waals surface area contributed by atoms with Crippen molar-refractivity contribution in [3.05, 3.63) is 71.0 Å². The Bertz CT molecular complexity index is 1050. The molecule has 2 heterocycles. The van der Waals surface area contributed by atoms with Crippen LogP contribution in [0.3, 0.4) is 0 Å². The molecule has 0 fully saturated rings. The fourth-order valence-electron chi connectivity index (χ4n) is 4.32. The Labute approximate surface area is 164 Å². The third-order valence-electron chi connectivity index (χ3n) is 5.76. The first-order valence-electron chi connectivity index (χ1n) is 10.0. The molecule has 0 unspecified atom stereocenters. The van der Waals surface area contributed by atoms with Crippen LogP contribution in [0.2, 0.25) is 0 Å². The van der Waals surface area contributed by atoms with Crippen LogP contribution in [-0.4, -0.2) is 21.0 Å². The van der Waals surface area contributed by atoms with E-state index in [4.69, 9.17) is 0 Å². The van der Waals surface area contributed by atoms with Gasteiger partial charge in [0.2, 0.25) is 0 Å². The van der Waals surface area contributed by atoms with Crippen molar-refractivity contribution in [3.8, 4) is 0 Å². The molecular formula is C24H26N2O2. The van der Waals surface area contributed by atoms with Crippen LogP contribution >= 0.6 is 0 Å². The second kappa shape index (κ2) is 7.55. The molecule has 144 valence electrons. The van der Waals surface area contributed by atoms with Crippen LogP contribution in [0, 0.1) is 5.92 Å². The van der Waals surface area contributed by atoms with E-state index in [1.807, 2.05) is 24.3 Å². The zero-order valence-electron chi connectivity index (χ0n) is 16.4. The lowest BCUT2D eigenvalue weighted by atomic mass is 9.89. The fourth-order valence-corrected chi connectivity index (χ4v) is 4.32. The van der Waals surface area contributed by atoms with E-state index in [1.54, 1.807) is 0 Å². The van der Waals surface area contributed by atoms with Crippen molar-refractivity contribution in [2.45, 2.75) is 39.5 Å². The van der Waals surface area contributed by atoms with Gasteiger partial charge in [-0.15, -0.1) is 0 Å². The number of aromatic amines is 2. The molecule has 2 aromatic heterocycles. The minimum atomic E-state index is -0.736.